The normalized spacial score (nSPS) is 11.8. The molecule has 0 amide bonds. The fourth-order valence-electron chi connectivity index (χ4n) is 1.26. The number of carbonyl (C=O) groups excluding carboxylic acids is 1. The van der Waals surface area contributed by atoms with Gasteiger partial charge in [-0.05, 0) is 11.6 Å². The molecule has 0 N–H and O–H groups in total. The SMILES string of the molecule is COC(=O)OCCc1ccccc1OS(=O)(=O)C(F)(F)F. The van der Waals surface area contributed by atoms with Crippen molar-refractivity contribution in [1.82, 2.24) is 0 Å². The van der Waals surface area contributed by atoms with Crippen molar-refractivity contribution in [2.75, 3.05) is 13.7 Å². The average Bonchev–Trinajstić information content (AvgIpc) is 2.38. The third-order valence-corrected chi connectivity index (χ3v) is 3.18. The van der Waals surface area contributed by atoms with Crippen LogP contribution in [0.4, 0.5) is 18.0 Å². The zero-order chi connectivity index (χ0) is 16.1. The first-order valence-electron chi connectivity index (χ1n) is 5.47. The Kier molecular flexibility index (Phi) is 5.41. The van der Waals surface area contributed by atoms with E-state index in [-0.39, 0.29) is 18.6 Å². The number of carbonyl (C=O) groups is 1. The minimum atomic E-state index is -5.75. The van der Waals surface area contributed by atoms with Gasteiger partial charge in [-0.3, -0.25) is 0 Å². The topological polar surface area (TPSA) is 78.9 Å². The summed E-state index contributed by atoms with van der Waals surface area (Å²) in [6, 6.07) is 5.20. The van der Waals surface area contributed by atoms with E-state index in [0.717, 1.165) is 13.2 Å². The number of hydrogen-bond donors (Lipinski definition) is 0. The zero-order valence-corrected chi connectivity index (χ0v) is 11.5. The molecule has 10 heteroatoms. The molecule has 118 valence electrons. The molecule has 0 unspecified atom stereocenters. The van der Waals surface area contributed by atoms with Crippen LogP contribution in [0, 0.1) is 0 Å². The zero-order valence-electron chi connectivity index (χ0n) is 10.7. The van der Waals surface area contributed by atoms with Crippen molar-refractivity contribution < 1.29 is 40.0 Å². The average molecular weight is 328 g/mol. The molecule has 0 aliphatic heterocycles. The van der Waals surface area contributed by atoms with E-state index in [1.54, 1.807) is 0 Å². The van der Waals surface area contributed by atoms with Crippen LogP contribution < -0.4 is 4.18 Å². The van der Waals surface area contributed by atoms with Crippen LogP contribution in [0.25, 0.3) is 0 Å². The Hall–Kier alpha value is -1.97. The second-order valence-corrected chi connectivity index (χ2v) is 5.18. The van der Waals surface area contributed by atoms with Gasteiger partial charge < -0.3 is 13.7 Å². The summed E-state index contributed by atoms with van der Waals surface area (Å²) in [7, 11) is -4.66. The van der Waals surface area contributed by atoms with Gasteiger partial charge in [0, 0.05) is 6.42 Å². The van der Waals surface area contributed by atoms with E-state index in [0.29, 0.717) is 0 Å². The van der Waals surface area contributed by atoms with Crippen LogP contribution in [0.1, 0.15) is 5.56 Å². The fourth-order valence-corrected chi connectivity index (χ4v) is 1.75. The molecule has 0 spiro atoms. The van der Waals surface area contributed by atoms with Crippen molar-refractivity contribution in [2.24, 2.45) is 0 Å². The Morgan fingerprint density at radius 3 is 2.43 bits per heavy atom. The Labute approximate surface area is 118 Å². The molecule has 0 saturated heterocycles. The van der Waals surface area contributed by atoms with Gasteiger partial charge in [-0.15, -0.1) is 0 Å². The summed E-state index contributed by atoms with van der Waals surface area (Å²) in [6.45, 7) is -0.209. The number of hydrogen-bond acceptors (Lipinski definition) is 6. The van der Waals surface area contributed by atoms with E-state index < -0.39 is 27.5 Å². The minimum absolute atomic E-state index is 0.0430. The van der Waals surface area contributed by atoms with Crippen LogP contribution >= 0.6 is 0 Å². The molecule has 21 heavy (non-hydrogen) atoms. The van der Waals surface area contributed by atoms with Gasteiger partial charge in [0.05, 0.1) is 13.7 Å². The second-order valence-electron chi connectivity index (χ2n) is 3.64. The molecule has 0 fully saturated rings. The molecule has 1 rings (SSSR count). The lowest BCUT2D eigenvalue weighted by atomic mass is 10.1. The van der Waals surface area contributed by atoms with E-state index in [1.165, 1.54) is 18.2 Å². The van der Waals surface area contributed by atoms with Crippen molar-refractivity contribution >= 4 is 16.3 Å². The van der Waals surface area contributed by atoms with Crippen LogP contribution in [0.5, 0.6) is 5.75 Å². The molecule has 0 atom stereocenters. The number of methoxy groups -OCH3 is 1. The van der Waals surface area contributed by atoms with Gasteiger partial charge in [0.15, 0.2) is 0 Å². The monoisotopic (exact) mass is 328 g/mol. The summed E-state index contributed by atoms with van der Waals surface area (Å²) >= 11 is 0. The summed E-state index contributed by atoms with van der Waals surface area (Å²) in [5.74, 6) is -0.483. The molecule has 0 saturated carbocycles. The van der Waals surface area contributed by atoms with E-state index in [1.807, 2.05) is 0 Å². The Bertz CT molecular complexity index is 596. The quantitative estimate of drug-likeness (QED) is 0.468. The highest BCUT2D eigenvalue weighted by molar-refractivity contribution is 7.88. The lowest BCUT2D eigenvalue weighted by Gasteiger charge is -2.12. The Balaban J connectivity index is 2.83. The minimum Gasteiger partial charge on any atom is -0.438 e. The van der Waals surface area contributed by atoms with Gasteiger partial charge in [0.2, 0.25) is 0 Å². The number of halogens is 3. The summed E-state index contributed by atoms with van der Waals surface area (Å²) in [4.78, 5) is 10.7. The third kappa shape index (κ3) is 4.81. The second kappa shape index (κ2) is 6.66. The molecule has 1 aromatic carbocycles. The molecular formula is C11H11F3O6S. The molecule has 0 heterocycles. The molecule has 0 aliphatic carbocycles. The predicted octanol–water partition coefficient (Wildman–Crippen LogP) is 2.24. The molecule has 0 radical (unpaired) electrons. The maximum absolute atomic E-state index is 12.3. The van der Waals surface area contributed by atoms with E-state index in [4.69, 9.17) is 0 Å². The number of alkyl halides is 3. The van der Waals surface area contributed by atoms with Crippen molar-refractivity contribution in [1.29, 1.82) is 0 Å². The lowest BCUT2D eigenvalue weighted by molar-refractivity contribution is -0.0500. The van der Waals surface area contributed by atoms with E-state index in [2.05, 4.69) is 13.7 Å². The smallest absolute Gasteiger partial charge is 0.438 e. The molecule has 0 aromatic heterocycles. The van der Waals surface area contributed by atoms with E-state index >= 15 is 0 Å². The van der Waals surface area contributed by atoms with Gasteiger partial charge >= 0.3 is 21.8 Å². The highest BCUT2D eigenvalue weighted by Gasteiger charge is 2.48. The summed E-state index contributed by atoms with van der Waals surface area (Å²) in [5, 5.41) is 0. The van der Waals surface area contributed by atoms with Gasteiger partial charge in [-0.25, -0.2) is 4.79 Å². The van der Waals surface area contributed by atoms with Crippen molar-refractivity contribution in [2.45, 2.75) is 11.9 Å². The van der Waals surface area contributed by atoms with Gasteiger partial charge in [-0.1, -0.05) is 18.2 Å². The number of ether oxygens (including phenoxy) is 2. The van der Waals surface area contributed by atoms with Crippen LogP contribution in [0.15, 0.2) is 24.3 Å². The molecule has 0 bridgehead atoms. The maximum atomic E-state index is 12.3. The van der Waals surface area contributed by atoms with Crippen molar-refractivity contribution in [3.05, 3.63) is 29.8 Å². The number of para-hydroxylation sites is 1. The number of benzene rings is 1. The summed E-state index contributed by atoms with van der Waals surface area (Å²) < 4.78 is 71.5. The molecule has 6 nitrogen and oxygen atoms in total. The molecule has 0 aliphatic rings. The Morgan fingerprint density at radius 2 is 1.86 bits per heavy atom. The van der Waals surface area contributed by atoms with E-state index in [9.17, 15) is 26.4 Å². The lowest BCUT2D eigenvalue weighted by Crippen LogP contribution is -2.28. The van der Waals surface area contributed by atoms with Gasteiger partial charge in [-0.2, -0.15) is 21.6 Å². The van der Waals surface area contributed by atoms with Crippen LogP contribution in [0.2, 0.25) is 0 Å². The molecule has 1 aromatic rings. The highest BCUT2D eigenvalue weighted by atomic mass is 32.2. The van der Waals surface area contributed by atoms with Crippen molar-refractivity contribution in [3.8, 4) is 5.75 Å². The van der Waals surface area contributed by atoms with Crippen molar-refractivity contribution in [3.63, 3.8) is 0 Å². The van der Waals surface area contributed by atoms with Gasteiger partial charge in [0.1, 0.15) is 5.75 Å². The predicted molar refractivity (Wildman–Crippen MR) is 64.1 cm³/mol. The van der Waals surface area contributed by atoms with Crippen LogP contribution in [-0.4, -0.2) is 33.8 Å². The molecular weight excluding hydrogens is 317 g/mol. The standard InChI is InChI=1S/C11H11F3O6S/c1-18-10(15)19-7-6-8-4-2-3-5-9(8)20-21(16,17)11(12,13)14/h2-5H,6-7H2,1H3. The Morgan fingerprint density at radius 1 is 1.24 bits per heavy atom. The van der Waals surface area contributed by atoms with Crippen LogP contribution in [0.3, 0.4) is 0 Å². The summed E-state index contributed by atoms with van der Waals surface area (Å²) in [5.41, 5.74) is -5.39. The highest BCUT2D eigenvalue weighted by Crippen LogP contribution is 2.29. The first kappa shape index (κ1) is 17.1. The largest absolute Gasteiger partial charge is 0.534 e. The maximum Gasteiger partial charge on any atom is 0.534 e. The van der Waals surface area contributed by atoms with Crippen LogP contribution in [-0.2, 0) is 26.0 Å². The number of rotatable bonds is 5. The summed E-state index contributed by atoms with van der Waals surface area (Å²) in [6.07, 6.45) is -1.00. The first-order chi connectivity index (χ1) is 9.67. The van der Waals surface area contributed by atoms with Gasteiger partial charge in [0.25, 0.3) is 0 Å². The first-order valence-corrected chi connectivity index (χ1v) is 6.87. The fraction of sp³-hybridized carbons (Fsp3) is 0.364. The third-order valence-electron chi connectivity index (χ3n) is 2.21.